The van der Waals surface area contributed by atoms with Gasteiger partial charge < -0.3 is 10.6 Å². The summed E-state index contributed by atoms with van der Waals surface area (Å²) in [6.07, 6.45) is 0. The van der Waals surface area contributed by atoms with Crippen LogP contribution in [0.25, 0.3) is 0 Å². The summed E-state index contributed by atoms with van der Waals surface area (Å²) in [5.74, 6) is -0.191. The molecule has 0 saturated heterocycles. The minimum atomic E-state index is -1.11. The number of benzene rings is 1. The second-order valence-corrected chi connectivity index (χ2v) is 6.50. The third kappa shape index (κ3) is 4.59. The Morgan fingerprint density at radius 3 is 2.33 bits per heavy atom. The first-order valence-corrected chi connectivity index (χ1v) is 7.31. The maximum absolute atomic E-state index is 12.4. The highest BCUT2D eigenvalue weighted by molar-refractivity contribution is 6.10. The summed E-state index contributed by atoms with van der Waals surface area (Å²) in [5.41, 5.74) is 1.69. The van der Waals surface area contributed by atoms with Crippen LogP contribution in [0.2, 0.25) is 0 Å². The highest BCUT2D eigenvalue weighted by Gasteiger charge is 2.36. The van der Waals surface area contributed by atoms with Gasteiger partial charge in [-0.3, -0.25) is 9.59 Å². The van der Waals surface area contributed by atoms with Crippen molar-refractivity contribution in [3.05, 3.63) is 29.3 Å². The average molecular weight is 290 g/mol. The molecule has 0 saturated carbocycles. The Labute approximate surface area is 127 Å². The number of rotatable bonds is 5. The van der Waals surface area contributed by atoms with Gasteiger partial charge in [-0.25, -0.2) is 0 Å². The maximum Gasteiger partial charge on any atom is 0.239 e. The van der Waals surface area contributed by atoms with Crippen molar-refractivity contribution in [3.63, 3.8) is 0 Å². The number of anilines is 1. The Hall–Kier alpha value is -1.84. The Morgan fingerprint density at radius 1 is 1.14 bits per heavy atom. The van der Waals surface area contributed by atoms with E-state index in [0.717, 1.165) is 16.8 Å². The SMILES string of the molecule is Cc1ccc(C)c(NC(=O)C(C)(C)C(=O)NCC(C)C)c1. The molecule has 0 fully saturated rings. The van der Waals surface area contributed by atoms with E-state index in [2.05, 4.69) is 10.6 Å². The molecular weight excluding hydrogens is 264 g/mol. The predicted octanol–water partition coefficient (Wildman–Crippen LogP) is 3.04. The lowest BCUT2D eigenvalue weighted by atomic mass is 9.90. The minimum absolute atomic E-state index is 0.251. The Balaban J connectivity index is 2.81. The number of carbonyl (C=O) groups is 2. The topological polar surface area (TPSA) is 58.2 Å². The normalized spacial score (nSPS) is 11.4. The quantitative estimate of drug-likeness (QED) is 0.819. The van der Waals surface area contributed by atoms with Crippen LogP contribution in [0.1, 0.15) is 38.8 Å². The molecule has 0 aliphatic heterocycles. The smallest absolute Gasteiger partial charge is 0.239 e. The molecule has 116 valence electrons. The molecule has 0 aromatic heterocycles. The number of amides is 2. The molecule has 21 heavy (non-hydrogen) atoms. The van der Waals surface area contributed by atoms with Crippen LogP contribution in [0.15, 0.2) is 18.2 Å². The second kappa shape index (κ2) is 6.74. The van der Waals surface area contributed by atoms with Gasteiger partial charge in [-0.05, 0) is 50.8 Å². The zero-order valence-electron chi connectivity index (χ0n) is 13.8. The Bertz CT molecular complexity index is 534. The molecule has 2 N–H and O–H groups in total. The van der Waals surface area contributed by atoms with Crippen molar-refractivity contribution < 1.29 is 9.59 Å². The van der Waals surface area contributed by atoms with Gasteiger partial charge in [0.2, 0.25) is 11.8 Å². The molecule has 4 heteroatoms. The van der Waals surface area contributed by atoms with Gasteiger partial charge in [0.1, 0.15) is 5.41 Å². The van der Waals surface area contributed by atoms with Gasteiger partial charge >= 0.3 is 0 Å². The van der Waals surface area contributed by atoms with Crippen molar-refractivity contribution in [2.24, 2.45) is 11.3 Å². The lowest BCUT2D eigenvalue weighted by Crippen LogP contribution is -2.46. The zero-order chi connectivity index (χ0) is 16.2. The lowest BCUT2D eigenvalue weighted by molar-refractivity contribution is -0.138. The maximum atomic E-state index is 12.4. The molecule has 1 aromatic carbocycles. The summed E-state index contributed by atoms with van der Waals surface area (Å²) in [5, 5.41) is 5.68. The first-order valence-electron chi connectivity index (χ1n) is 7.31. The molecule has 0 unspecified atom stereocenters. The highest BCUT2D eigenvalue weighted by Crippen LogP contribution is 2.22. The summed E-state index contributed by atoms with van der Waals surface area (Å²) >= 11 is 0. The molecule has 0 radical (unpaired) electrons. The first-order chi connectivity index (χ1) is 9.64. The number of hydrogen-bond acceptors (Lipinski definition) is 2. The first kappa shape index (κ1) is 17.2. The summed E-state index contributed by atoms with van der Waals surface area (Å²) < 4.78 is 0. The number of hydrogen-bond donors (Lipinski definition) is 2. The Morgan fingerprint density at radius 2 is 1.76 bits per heavy atom. The fraction of sp³-hybridized carbons (Fsp3) is 0.529. The van der Waals surface area contributed by atoms with Crippen molar-refractivity contribution in [2.75, 3.05) is 11.9 Å². The lowest BCUT2D eigenvalue weighted by Gasteiger charge is -2.24. The van der Waals surface area contributed by atoms with Crippen LogP contribution in [0.4, 0.5) is 5.69 Å². The monoisotopic (exact) mass is 290 g/mol. The molecule has 0 heterocycles. The number of aryl methyl sites for hydroxylation is 2. The third-order valence-corrected chi connectivity index (χ3v) is 3.45. The van der Waals surface area contributed by atoms with Crippen LogP contribution in [-0.2, 0) is 9.59 Å². The summed E-state index contributed by atoms with van der Waals surface area (Å²) in [4.78, 5) is 24.6. The van der Waals surface area contributed by atoms with Crippen molar-refractivity contribution in [3.8, 4) is 0 Å². The van der Waals surface area contributed by atoms with Gasteiger partial charge in [0, 0.05) is 12.2 Å². The number of nitrogens with one attached hydrogen (secondary N) is 2. The van der Waals surface area contributed by atoms with Gasteiger partial charge in [-0.2, -0.15) is 0 Å². The van der Waals surface area contributed by atoms with E-state index in [9.17, 15) is 9.59 Å². The fourth-order valence-electron chi connectivity index (χ4n) is 1.77. The standard InChI is InChI=1S/C17H26N2O2/c1-11(2)10-18-15(20)17(5,6)16(21)19-14-9-12(3)7-8-13(14)4/h7-9,11H,10H2,1-6H3,(H,18,20)(H,19,21). The molecule has 0 spiro atoms. The molecule has 0 bridgehead atoms. The fourth-order valence-corrected chi connectivity index (χ4v) is 1.77. The van der Waals surface area contributed by atoms with Gasteiger partial charge in [-0.15, -0.1) is 0 Å². The van der Waals surface area contributed by atoms with E-state index in [-0.39, 0.29) is 11.8 Å². The molecule has 1 rings (SSSR count). The van der Waals surface area contributed by atoms with Gasteiger partial charge in [0.05, 0.1) is 0 Å². The van der Waals surface area contributed by atoms with Crippen LogP contribution in [0.3, 0.4) is 0 Å². The van der Waals surface area contributed by atoms with Crippen LogP contribution < -0.4 is 10.6 Å². The van der Waals surface area contributed by atoms with E-state index in [0.29, 0.717) is 12.5 Å². The largest absolute Gasteiger partial charge is 0.355 e. The van der Waals surface area contributed by atoms with Crippen molar-refractivity contribution in [1.82, 2.24) is 5.32 Å². The van der Waals surface area contributed by atoms with Crippen molar-refractivity contribution in [2.45, 2.75) is 41.5 Å². The molecular formula is C17H26N2O2. The zero-order valence-corrected chi connectivity index (χ0v) is 13.8. The van der Waals surface area contributed by atoms with Gasteiger partial charge in [-0.1, -0.05) is 26.0 Å². The second-order valence-electron chi connectivity index (χ2n) is 6.50. The minimum Gasteiger partial charge on any atom is -0.355 e. The molecule has 2 amide bonds. The van der Waals surface area contributed by atoms with Crippen molar-refractivity contribution in [1.29, 1.82) is 0 Å². The summed E-state index contributed by atoms with van der Waals surface area (Å²) in [6, 6.07) is 5.86. The van der Waals surface area contributed by atoms with Crippen molar-refractivity contribution >= 4 is 17.5 Å². The van der Waals surface area contributed by atoms with E-state index in [4.69, 9.17) is 0 Å². The van der Waals surface area contributed by atoms with Crippen LogP contribution >= 0.6 is 0 Å². The van der Waals surface area contributed by atoms with E-state index in [1.165, 1.54) is 0 Å². The van der Waals surface area contributed by atoms with E-state index < -0.39 is 5.41 Å². The molecule has 1 aromatic rings. The predicted molar refractivity (Wildman–Crippen MR) is 86.2 cm³/mol. The van der Waals surface area contributed by atoms with Crippen LogP contribution in [0, 0.1) is 25.2 Å². The van der Waals surface area contributed by atoms with E-state index >= 15 is 0 Å². The molecule has 0 aliphatic carbocycles. The van der Waals surface area contributed by atoms with E-state index in [1.54, 1.807) is 13.8 Å². The van der Waals surface area contributed by atoms with Gasteiger partial charge in [0.25, 0.3) is 0 Å². The molecule has 0 aliphatic rings. The van der Waals surface area contributed by atoms with E-state index in [1.807, 2.05) is 45.9 Å². The average Bonchev–Trinajstić information content (AvgIpc) is 2.39. The molecule has 0 atom stereocenters. The molecule has 4 nitrogen and oxygen atoms in total. The summed E-state index contributed by atoms with van der Waals surface area (Å²) in [6.45, 7) is 11.8. The Kier molecular flexibility index (Phi) is 5.53. The highest BCUT2D eigenvalue weighted by atomic mass is 16.2. The van der Waals surface area contributed by atoms with Gasteiger partial charge in [0.15, 0.2) is 0 Å². The number of carbonyl (C=O) groups excluding carboxylic acids is 2. The summed E-state index contributed by atoms with van der Waals surface area (Å²) in [7, 11) is 0. The van der Waals surface area contributed by atoms with Crippen LogP contribution in [-0.4, -0.2) is 18.4 Å². The third-order valence-electron chi connectivity index (χ3n) is 3.45. The van der Waals surface area contributed by atoms with Crippen LogP contribution in [0.5, 0.6) is 0 Å².